The van der Waals surface area contributed by atoms with E-state index in [0.717, 1.165) is 0 Å². The first-order chi connectivity index (χ1) is 7.71. The van der Waals surface area contributed by atoms with E-state index in [1.54, 1.807) is 30.3 Å². The van der Waals surface area contributed by atoms with Crippen molar-refractivity contribution in [1.82, 2.24) is 0 Å². The van der Waals surface area contributed by atoms with Gasteiger partial charge in [-0.3, -0.25) is 0 Å². The van der Waals surface area contributed by atoms with Crippen LogP contribution in [0.1, 0.15) is 5.56 Å². The number of rotatable bonds is 2. The van der Waals surface area contributed by atoms with Crippen LogP contribution >= 0.6 is 11.6 Å². The van der Waals surface area contributed by atoms with E-state index in [9.17, 15) is 0 Å². The van der Waals surface area contributed by atoms with Gasteiger partial charge in [-0.1, -0.05) is 11.6 Å². The number of benzene rings is 1. The fraction of sp³-hybridized carbons (Fsp3) is 0. The van der Waals surface area contributed by atoms with Gasteiger partial charge in [0.25, 0.3) is 0 Å². The molecule has 16 heavy (non-hydrogen) atoms. The zero-order chi connectivity index (χ0) is 12.0. The molecule has 5 heteroatoms. The number of nitriles is 3. The van der Waals surface area contributed by atoms with Crippen molar-refractivity contribution in [2.75, 3.05) is 5.32 Å². The van der Waals surface area contributed by atoms with Gasteiger partial charge in [0.05, 0.1) is 10.6 Å². The molecule has 0 unspecified atom stereocenters. The maximum atomic E-state index is 8.65. The van der Waals surface area contributed by atoms with Gasteiger partial charge in [-0.2, -0.15) is 15.8 Å². The Balaban J connectivity index is 2.91. The summed E-state index contributed by atoms with van der Waals surface area (Å²) in [5.74, 6) is 0. The number of nitrogens with zero attached hydrogens (tertiary/aromatic N) is 3. The number of allylic oxidation sites excluding steroid dienone is 1. The summed E-state index contributed by atoms with van der Waals surface area (Å²) in [6, 6.07) is 10.1. The summed E-state index contributed by atoms with van der Waals surface area (Å²) in [5, 5.41) is 28.7. The van der Waals surface area contributed by atoms with Crippen molar-refractivity contribution in [2.45, 2.75) is 0 Å². The molecule has 0 saturated carbocycles. The summed E-state index contributed by atoms with van der Waals surface area (Å²) >= 11 is 5.80. The molecule has 0 heterocycles. The molecule has 0 atom stereocenters. The van der Waals surface area contributed by atoms with Gasteiger partial charge in [-0.25, -0.2) is 0 Å². The lowest BCUT2D eigenvalue weighted by Gasteiger charge is -2.01. The molecule has 0 aliphatic carbocycles. The average Bonchev–Trinajstić information content (AvgIpc) is 2.30. The highest BCUT2D eigenvalue weighted by Crippen LogP contribution is 2.20. The van der Waals surface area contributed by atoms with Crippen molar-refractivity contribution in [1.29, 1.82) is 15.8 Å². The second kappa shape index (κ2) is 5.41. The van der Waals surface area contributed by atoms with Crippen LogP contribution in [0.5, 0.6) is 0 Å². The zero-order valence-corrected chi connectivity index (χ0v) is 8.78. The van der Waals surface area contributed by atoms with E-state index in [2.05, 4.69) is 5.32 Å². The summed E-state index contributed by atoms with van der Waals surface area (Å²) < 4.78 is 0. The normalized spacial score (nSPS) is 8.12. The number of hydrogen-bond acceptors (Lipinski definition) is 4. The molecule has 1 N–H and O–H groups in total. The van der Waals surface area contributed by atoms with E-state index < -0.39 is 0 Å². The lowest BCUT2D eigenvalue weighted by Crippen LogP contribution is -1.90. The molecule has 1 rings (SSSR count). The molecular formula is C11H5ClN4. The fourth-order valence-electron chi connectivity index (χ4n) is 0.941. The third kappa shape index (κ3) is 2.75. The van der Waals surface area contributed by atoms with Crippen LogP contribution in [-0.2, 0) is 0 Å². The zero-order valence-electron chi connectivity index (χ0n) is 8.03. The first kappa shape index (κ1) is 11.6. The minimum absolute atomic E-state index is 0.0412. The molecular weight excluding hydrogens is 224 g/mol. The fourth-order valence-corrected chi connectivity index (χ4v) is 1.16. The predicted octanol–water partition coefficient (Wildman–Crippen LogP) is 2.55. The van der Waals surface area contributed by atoms with Gasteiger partial charge in [0, 0.05) is 11.9 Å². The summed E-state index contributed by atoms with van der Waals surface area (Å²) in [6.07, 6.45) is 1.28. The summed E-state index contributed by atoms with van der Waals surface area (Å²) in [7, 11) is 0. The van der Waals surface area contributed by atoms with Crippen molar-refractivity contribution in [3.8, 4) is 18.2 Å². The third-order valence-electron chi connectivity index (χ3n) is 1.71. The molecule has 0 aliphatic heterocycles. The van der Waals surface area contributed by atoms with Gasteiger partial charge < -0.3 is 5.32 Å². The van der Waals surface area contributed by atoms with E-state index in [1.165, 1.54) is 6.20 Å². The van der Waals surface area contributed by atoms with Crippen molar-refractivity contribution in [3.05, 3.63) is 40.6 Å². The first-order valence-corrected chi connectivity index (χ1v) is 4.55. The lowest BCUT2D eigenvalue weighted by atomic mass is 10.2. The molecule has 0 saturated heterocycles. The Labute approximate surface area is 97.6 Å². The SMILES string of the molecule is N#CC(C#N)=CNc1ccc(C#N)c(Cl)c1. The maximum absolute atomic E-state index is 8.65. The second-order valence-electron chi connectivity index (χ2n) is 2.73. The largest absolute Gasteiger partial charge is 0.360 e. The van der Waals surface area contributed by atoms with Crippen molar-refractivity contribution in [2.24, 2.45) is 0 Å². The van der Waals surface area contributed by atoms with Gasteiger partial charge in [-0.15, -0.1) is 0 Å². The quantitative estimate of drug-likeness (QED) is 0.789. The molecule has 0 spiro atoms. The lowest BCUT2D eigenvalue weighted by molar-refractivity contribution is 1.44. The van der Waals surface area contributed by atoms with E-state index in [-0.39, 0.29) is 5.57 Å². The smallest absolute Gasteiger partial charge is 0.145 e. The minimum Gasteiger partial charge on any atom is -0.360 e. The molecule has 0 aromatic heterocycles. The van der Waals surface area contributed by atoms with E-state index in [4.69, 9.17) is 27.4 Å². The molecule has 0 amide bonds. The average molecular weight is 229 g/mol. The Morgan fingerprint density at radius 1 is 1.25 bits per heavy atom. The van der Waals surface area contributed by atoms with Gasteiger partial charge in [0.1, 0.15) is 23.8 Å². The summed E-state index contributed by atoms with van der Waals surface area (Å²) in [5.41, 5.74) is 0.935. The van der Waals surface area contributed by atoms with Crippen LogP contribution in [0.3, 0.4) is 0 Å². The van der Waals surface area contributed by atoms with E-state index in [1.807, 2.05) is 6.07 Å². The Hall–Kier alpha value is -2.48. The van der Waals surface area contributed by atoms with Crippen LogP contribution in [-0.4, -0.2) is 0 Å². The third-order valence-corrected chi connectivity index (χ3v) is 2.03. The predicted molar refractivity (Wildman–Crippen MR) is 59.1 cm³/mol. The molecule has 76 valence electrons. The number of anilines is 1. The van der Waals surface area contributed by atoms with Crippen LogP contribution in [0.2, 0.25) is 5.02 Å². The Morgan fingerprint density at radius 2 is 1.94 bits per heavy atom. The highest BCUT2D eigenvalue weighted by Gasteiger charge is 2.00. The Kier molecular flexibility index (Phi) is 3.92. The molecule has 0 bridgehead atoms. The van der Waals surface area contributed by atoms with Gasteiger partial charge >= 0.3 is 0 Å². The molecule has 1 aromatic carbocycles. The molecule has 1 aromatic rings. The maximum Gasteiger partial charge on any atom is 0.145 e. The minimum atomic E-state index is -0.0412. The first-order valence-electron chi connectivity index (χ1n) is 4.18. The highest BCUT2D eigenvalue weighted by atomic mass is 35.5. The molecule has 4 nitrogen and oxygen atoms in total. The van der Waals surface area contributed by atoms with Gasteiger partial charge in [0.15, 0.2) is 0 Å². The molecule has 0 aliphatic rings. The summed E-state index contributed by atoms with van der Waals surface area (Å²) in [6.45, 7) is 0. The highest BCUT2D eigenvalue weighted by molar-refractivity contribution is 6.32. The van der Waals surface area contributed by atoms with Crippen molar-refractivity contribution < 1.29 is 0 Å². The van der Waals surface area contributed by atoms with Gasteiger partial charge in [0.2, 0.25) is 0 Å². The van der Waals surface area contributed by atoms with Crippen molar-refractivity contribution in [3.63, 3.8) is 0 Å². The number of nitrogens with one attached hydrogen (secondary N) is 1. The molecule has 0 radical (unpaired) electrons. The molecule has 0 fully saturated rings. The Morgan fingerprint density at radius 3 is 2.44 bits per heavy atom. The Bertz CT molecular complexity index is 539. The van der Waals surface area contributed by atoms with Crippen LogP contribution in [0.4, 0.5) is 5.69 Å². The standard InChI is InChI=1S/C11H5ClN4/c12-11-3-10(2-1-9(11)6-15)16-7-8(4-13)5-14/h1-3,7,16H. The van der Waals surface area contributed by atoms with Crippen LogP contribution in [0.25, 0.3) is 0 Å². The van der Waals surface area contributed by atoms with Crippen LogP contribution in [0, 0.1) is 34.0 Å². The van der Waals surface area contributed by atoms with Crippen LogP contribution < -0.4 is 5.32 Å². The number of halogens is 1. The van der Waals surface area contributed by atoms with E-state index >= 15 is 0 Å². The summed E-state index contributed by atoms with van der Waals surface area (Å²) in [4.78, 5) is 0. The topological polar surface area (TPSA) is 83.4 Å². The van der Waals surface area contributed by atoms with E-state index in [0.29, 0.717) is 16.3 Å². The van der Waals surface area contributed by atoms with Crippen molar-refractivity contribution >= 4 is 17.3 Å². The monoisotopic (exact) mass is 228 g/mol. The van der Waals surface area contributed by atoms with Gasteiger partial charge in [-0.05, 0) is 18.2 Å². The second-order valence-corrected chi connectivity index (χ2v) is 3.14. The van der Waals surface area contributed by atoms with Crippen LogP contribution in [0.15, 0.2) is 30.0 Å². The number of hydrogen-bond donors (Lipinski definition) is 1.